The number of piperidine rings is 1. The molecule has 0 aliphatic carbocycles. The first kappa shape index (κ1) is 16.4. The molecular formula is C16H22N2O4S. The Morgan fingerprint density at radius 3 is 2.35 bits per heavy atom. The monoisotopic (exact) mass is 338 g/mol. The second kappa shape index (κ2) is 6.59. The SMILES string of the molecule is CC1CCN(S(=O)(=O)c2ccc(N3CCOCC3=O)cc2)CC1. The molecule has 0 aromatic heterocycles. The van der Waals surface area contributed by atoms with E-state index in [1.54, 1.807) is 33.5 Å². The molecule has 2 heterocycles. The molecule has 7 heteroatoms. The van der Waals surface area contributed by atoms with Crippen molar-refractivity contribution in [1.29, 1.82) is 0 Å². The second-order valence-electron chi connectivity index (χ2n) is 6.18. The lowest BCUT2D eigenvalue weighted by Gasteiger charge is -2.30. The van der Waals surface area contributed by atoms with Gasteiger partial charge in [-0.15, -0.1) is 0 Å². The van der Waals surface area contributed by atoms with Crippen molar-refractivity contribution in [3.8, 4) is 0 Å². The Balaban J connectivity index is 1.77. The van der Waals surface area contributed by atoms with Crippen LogP contribution < -0.4 is 4.90 Å². The molecular weight excluding hydrogens is 316 g/mol. The van der Waals surface area contributed by atoms with Gasteiger partial charge in [0.15, 0.2) is 0 Å². The van der Waals surface area contributed by atoms with E-state index >= 15 is 0 Å². The number of carbonyl (C=O) groups is 1. The maximum absolute atomic E-state index is 12.7. The van der Waals surface area contributed by atoms with Gasteiger partial charge in [0.1, 0.15) is 6.61 Å². The number of sulfonamides is 1. The van der Waals surface area contributed by atoms with Crippen molar-refractivity contribution in [3.63, 3.8) is 0 Å². The highest BCUT2D eigenvalue weighted by molar-refractivity contribution is 7.89. The van der Waals surface area contributed by atoms with Crippen molar-refractivity contribution in [2.45, 2.75) is 24.7 Å². The van der Waals surface area contributed by atoms with Gasteiger partial charge in [-0.25, -0.2) is 8.42 Å². The zero-order valence-corrected chi connectivity index (χ0v) is 14.1. The van der Waals surface area contributed by atoms with Crippen LogP contribution >= 0.6 is 0 Å². The van der Waals surface area contributed by atoms with Crippen LogP contribution in [0.3, 0.4) is 0 Å². The molecule has 2 saturated heterocycles. The molecule has 6 nitrogen and oxygen atoms in total. The molecule has 0 atom stereocenters. The number of nitrogens with zero attached hydrogens (tertiary/aromatic N) is 2. The fourth-order valence-electron chi connectivity index (χ4n) is 2.96. The van der Waals surface area contributed by atoms with Gasteiger partial charge in [-0.3, -0.25) is 4.79 Å². The number of morpholine rings is 1. The summed E-state index contributed by atoms with van der Waals surface area (Å²) in [5, 5.41) is 0. The highest BCUT2D eigenvalue weighted by Crippen LogP contribution is 2.25. The summed E-state index contributed by atoms with van der Waals surface area (Å²) in [7, 11) is -3.44. The molecule has 2 fully saturated rings. The molecule has 0 unspecified atom stereocenters. The van der Waals surface area contributed by atoms with Crippen molar-refractivity contribution < 1.29 is 17.9 Å². The zero-order chi connectivity index (χ0) is 16.4. The van der Waals surface area contributed by atoms with Crippen LogP contribution in [0, 0.1) is 5.92 Å². The fraction of sp³-hybridized carbons (Fsp3) is 0.562. The first-order chi connectivity index (χ1) is 11.0. The van der Waals surface area contributed by atoms with Crippen LogP contribution in [-0.2, 0) is 19.6 Å². The summed E-state index contributed by atoms with van der Waals surface area (Å²) < 4.78 is 32.0. The Bertz CT molecular complexity index is 664. The van der Waals surface area contributed by atoms with Crippen LogP contribution in [0.5, 0.6) is 0 Å². The Morgan fingerprint density at radius 1 is 1.09 bits per heavy atom. The van der Waals surface area contributed by atoms with Gasteiger partial charge >= 0.3 is 0 Å². The number of carbonyl (C=O) groups excluding carboxylic acids is 1. The minimum Gasteiger partial charge on any atom is -0.370 e. The number of rotatable bonds is 3. The standard InChI is InChI=1S/C16H22N2O4S/c1-13-6-8-17(9-7-13)23(20,21)15-4-2-14(3-5-15)18-10-11-22-12-16(18)19/h2-5,13H,6-12H2,1H3. The minimum absolute atomic E-state index is 0.0754. The highest BCUT2D eigenvalue weighted by Gasteiger charge is 2.28. The maximum Gasteiger partial charge on any atom is 0.253 e. The number of amides is 1. The Labute approximate surface area is 137 Å². The summed E-state index contributed by atoms with van der Waals surface area (Å²) in [6, 6.07) is 6.57. The molecule has 0 saturated carbocycles. The largest absolute Gasteiger partial charge is 0.370 e. The Kier molecular flexibility index (Phi) is 4.70. The van der Waals surface area contributed by atoms with Crippen molar-refractivity contribution in [3.05, 3.63) is 24.3 Å². The van der Waals surface area contributed by atoms with E-state index in [9.17, 15) is 13.2 Å². The molecule has 3 rings (SSSR count). The molecule has 126 valence electrons. The van der Waals surface area contributed by atoms with Gasteiger partial charge in [-0.1, -0.05) is 6.92 Å². The van der Waals surface area contributed by atoms with Crippen LogP contribution in [0.1, 0.15) is 19.8 Å². The van der Waals surface area contributed by atoms with Crippen LogP contribution in [0.25, 0.3) is 0 Å². The van der Waals surface area contributed by atoms with E-state index in [1.165, 1.54) is 0 Å². The van der Waals surface area contributed by atoms with E-state index < -0.39 is 10.0 Å². The molecule has 2 aliphatic heterocycles. The Morgan fingerprint density at radius 2 is 1.74 bits per heavy atom. The zero-order valence-electron chi connectivity index (χ0n) is 13.3. The quantitative estimate of drug-likeness (QED) is 0.837. The summed E-state index contributed by atoms with van der Waals surface area (Å²) in [6.45, 7) is 4.37. The molecule has 0 N–H and O–H groups in total. The van der Waals surface area contributed by atoms with E-state index in [4.69, 9.17) is 4.74 Å². The molecule has 1 aromatic carbocycles. The molecule has 1 aromatic rings. The number of hydrogen-bond donors (Lipinski definition) is 0. The van der Waals surface area contributed by atoms with Gasteiger partial charge in [0.05, 0.1) is 11.5 Å². The first-order valence-corrected chi connectivity index (χ1v) is 9.41. The third-order valence-electron chi connectivity index (χ3n) is 4.51. The minimum atomic E-state index is -3.44. The lowest BCUT2D eigenvalue weighted by Crippen LogP contribution is -2.41. The number of anilines is 1. The van der Waals surface area contributed by atoms with Crippen molar-refractivity contribution in [1.82, 2.24) is 4.31 Å². The molecule has 0 spiro atoms. The fourth-order valence-corrected chi connectivity index (χ4v) is 4.43. The van der Waals surface area contributed by atoms with Crippen LogP contribution in [-0.4, -0.2) is 51.5 Å². The third-order valence-corrected chi connectivity index (χ3v) is 6.43. The summed E-state index contributed by atoms with van der Waals surface area (Å²) in [5.74, 6) is 0.480. The maximum atomic E-state index is 12.7. The average molecular weight is 338 g/mol. The lowest BCUT2D eigenvalue weighted by molar-refractivity contribution is -0.125. The van der Waals surface area contributed by atoms with Gasteiger partial charge in [0, 0.05) is 25.3 Å². The number of benzene rings is 1. The van der Waals surface area contributed by atoms with Gasteiger partial charge < -0.3 is 9.64 Å². The third kappa shape index (κ3) is 3.41. The molecule has 2 aliphatic rings. The van der Waals surface area contributed by atoms with Crippen molar-refractivity contribution in [2.75, 3.05) is 37.7 Å². The van der Waals surface area contributed by atoms with Gasteiger partial charge in [0.25, 0.3) is 5.91 Å². The first-order valence-electron chi connectivity index (χ1n) is 7.97. The van der Waals surface area contributed by atoms with Crippen LogP contribution in [0.2, 0.25) is 0 Å². The van der Waals surface area contributed by atoms with Gasteiger partial charge in [-0.05, 0) is 43.0 Å². The van der Waals surface area contributed by atoms with E-state index in [0.29, 0.717) is 37.8 Å². The predicted octanol–water partition coefficient (Wildman–Crippen LogP) is 1.47. The van der Waals surface area contributed by atoms with E-state index in [0.717, 1.165) is 12.8 Å². The summed E-state index contributed by atoms with van der Waals surface area (Å²) in [6.07, 6.45) is 1.80. The molecule has 1 amide bonds. The predicted molar refractivity (Wildman–Crippen MR) is 86.8 cm³/mol. The van der Waals surface area contributed by atoms with E-state index in [-0.39, 0.29) is 17.4 Å². The van der Waals surface area contributed by atoms with Crippen LogP contribution in [0.15, 0.2) is 29.2 Å². The topological polar surface area (TPSA) is 66.9 Å². The van der Waals surface area contributed by atoms with Crippen molar-refractivity contribution >= 4 is 21.6 Å². The van der Waals surface area contributed by atoms with Crippen molar-refractivity contribution in [2.24, 2.45) is 5.92 Å². The van der Waals surface area contributed by atoms with Gasteiger partial charge in [-0.2, -0.15) is 4.31 Å². The Hall–Kier alpha value is -1.44. The summed E-state index contributed by atoms with van der Waals surface area (Å²) in [5.41, 5.74) is 0.713. The summed E-state index contributed by atoms with van der Waals surface area (Å²) in [4.78, 5) is 13.7. The lowest BCUT2D eigenvalue weighted by atomic mass is 10.0. The molecule has 23 heavy (non-hydrogen) atoms. The van der Waals surface area contributed by atoms with Crippen LogP contribution in [0.4, 0.5) is 5.69 Å². The molecule has 0 radical (unpaired) electrons. The van der Waals surface area contributed by atoms with Gasteiger partial charge in [0.2, 0.25) is 10.0 Å². The molecule has 0 bridgehead atoms. The van der Waals surface area contributed by atoms with E-state index in [2.05, 4.69) is 6.92 Å². The number of ether oxygens (including phenoxy) is 1. The number of hydrogen-bond acceptors (Lipinski definition) is 4. The highest BCUT2D eigenvalue weighted by atomic mass is 32.2. The normalized spacial score (nSPS) is 21.6. The second-order valence-corrected chi connectivity index (χ2v) is 8.12. The summed E-state index contributed by atoms with van der Waals surface area (Å²) >= 11 is 0. The van der Waals surface area contributed by atoms with E-state index in [1.807, 2.05) is 0 Å². The smallest absolute Gasteiger partial charge is 0.253 e. The average Bonchev–Trinajstić information content (AvgIpc) is 2.56.